The molecule has 3 aromatic carbocycles. The van der Waals surface area contributed by atoms with Crippen molar-refractivity contribution in [3.05, 3.63) is 90.0 Å². The SMILES string of the molecule is CCNC(=O)c1ccc(CNS(=O)(=O)c2ccccc2-c2ccccc2)cc1. The topological polar surface area (TPSA) is 75.3 Å². The minimum atomic E-state index is -3.70. The highest BCUT2D eigenvalue weighted by Gasteiger charge is 2.18. The summed E-state index contributed by atoms with van der Waals surface area (Å²) in [5.41, 5.74) is 2.81. The van der Waals surface area contributed by atoms with Crippen molar-refractivity contribution in [2.75, 3.05) is 6.54 Å². The molecule has 0 aliphatic heterocycles. The molecule has 0 heterocycles. The van der Waals surface area contributed by atoms with Crippen molar-refractivity contribution in [2.24, 2.45) is 0 Å². The summed E-state index contributed by atoms with van der Waals surface area (Å²) < 4.78 is 28.4. The maximum absolute atomic E-state index is 12.9. The largest absolute Gasteiger partial charge is 0.352 e. The average Bonchev–Trinajstić information content (AvgIpc) is 2.73. The Labute approximate surface area is 165 Å². The molecule has 144 valence electrons. The van der Waals surface area contributed by atoms with Crippen molar-refractivity contribution in [1.29, 1.82) is 0 Å². The first-order chi connectivity index (χ1) is 13.5. The second-order valence-electron chi connectivity index (χ2n) is 6.24. The number of amides is 1. The van der Waals surface area contributed by atoms with Gasteiger partial charge < -0.3 is 5.32 Å². The fourth-order valence-corrected chi connectivity index (χ4v) is 4.10. The highest BCUT2D eigenvalue weighted by molar-refractivity contribution is 7.89. The van der Waals surface area contributed by atoms with E-state index < -0.39 is 10.0 Å². The van der Waals surface area contributed by atoms with Crippen molar-refractivity contribution in [3.8, 4) is 11.1 Å². The first kappa shape index (κ1) is 19.8. The van der Waals surface area contributed by atoms with E-state index in [0.29, 0.717) is 17.7 Å². The Morgan fingerprint density at radius 2 is 1.50 bits per heavy atom. The van der Waals surface area contributed by atoms with Gasteiger partial charge in [-0.05, 0) is 36.2 Å². The second kappa shape index (κ2) is 8.82. The minimum absolute atomic E-state index is 0.140. The van der Waals surface area contributed by atoms with Crippen LogP contribution in [0.1, 0.15) is 22.8 Å². The van der Waals surface area contributed by atoms with Crippen LogP contribution in [0.3, 0.4) is 0 Å². The number of carbonyl (C=O) groups excluding carboxylic acids is 1. The summed E-state index contributed by atoms with van der Waals surface area (Å²) >= 11 is 0. The summed E-state index contributed by atoms with van der Waals surface area (Å²) in [5.74, 6) is -0.147. The molecule has 0 fully saturated rings. The third kappa shape index (κ3) is 4.65. The molecule has 1 amide bonds. The van der Waals surface area contributed by atoms with Gasteiger partial charge in [0.2, 0.25) is 10.0 Å². The molecule has 0 saturated carbocycles. The van der Waals surface area contributed by atoms with Crippen LogP contribution in [0.25, 0.3) is 11.1 Å². The second-order valence-corrected chi connectivity index (χ2v) is 7.98. The number of sulfonamides is 1. The number of hydrogen-bond acceptors (Lipinski definition) is 3. The summed E-state index contributed by atoms with van der Waals surface area (Å²) in [7, 11) is -3.70. The molecule has 0 saturated heterocycles. The molecular weight excluding hydrogens is 372 g/mol. The molecule has 0 atom stereocenters. The van der Waals surface area contributed by atoms with E-state index in [9.17, 15) is 13.2 Å². The number of hydrogen-bond donors (Lipinski definition) is 2. The molecule has 0 radical (unpaired) electrons. The standard InChI is InChI=1S/C22H22N2O3S/c1-2-23-22(25)19-14-12-17(13-15-19)16-24-28(26,27)21-11-7-6-10-20(21)18-8-4-3-5-9-18/h3-15,24H,2,16H2,1H3,(H,23,25). The molecule has 3 rings (SSSR count). The third-order valence-corrected chi connectivity index (χ3v) is 5.74. The lowest BCUT2D eigenvalue weighted by Gasteiger charge is -2.12. The molecule has 2 N–H and O–H groups in total. The number of carbonyl (C=O) groups is 1. The van der Waals surface area contributed by atoms with Gasteiger partial charge in [-0.3, -0.25) is 4.79 Å². The molecule has 3 aromatic rings. The number of benzene rings is 3. The monoisotopic (exact) mass is 394 g/mol. The van der Waals surface area contributed by atoms with Crippen LogP contribution in [-0.4, -0.2) is 20.9 Å². The van der Waals surface area contributed by atoms with Gasteiger partial charge in [0.05, 0.1) is 4.90 Å². The average molecular weight is 394 g/mol. The van der Waals surface area contributed by atoms with E-state index in [1.807, 2.05) is 43.3 Å². The van der Waals surface area contributed by atoms with E-state index in [1.54, 1.807) is 42.5 Å². The first-order valence-corrected chi connectivity index (χ1v) is 10.5. The molecule has 0 unspecified atom stereocenters. The molecule has 28 heavy (non-hydrogen) atoms. The Morgan fingerprint density at radius 1 is 0.857 bits per heavy atom. The van der Waals surface area contributed by atoms with Crippen LogP contribution in [0, 0.1) is 0 Å². The summed E-state index contributed by atoms with van der Waals surface area (Å²) in [6, 6.07) is 23.2. The molecular formula is C22H22N2O3S. The van der Waals surface area contributed by atoms with Crippen molar-refractivity contribution in [3.63, 3.8) is 0 Å². The third-order valence-electron chi connectivity index (χ3n) is 4.28. The minimum Gasteiger partial charge on any atom is -0.352 e. The summed E-state index contributed by atoms with van der Waals surface area (Å²) in [4.78, 5) is 12.0. The Balaban J connectivity index is 1.78. The molecule has 5 nitrogen and oxygen atoms in total. The first-order valence-electron chi connectivity index (χ1n) is 9.02. The smallest absolute Gasteiger partial charge is 0.251 e. The van der Waals surface area contributed by atoms with Crippen LogP contribution in [0.4, 0.5) is 0 Å². The van der Waals surface area contributed by atoms with Crippen LogP contribution in [0.15, 0.2) is 83.8 Å². The fourth-order valence-electron chi connectivity index (χ4n) is 2.85. The number of rotatable bonds is 7. The molecule has 0 aromatic heterocycles. The van der Waals surface area contributed by atoms with Crippen LogP contribution in [0.5, 0.6) is 0 Å². The van der Waals surface area contributed by atoms with Crippen molar-refractivity contribution in [1.82, 2.24) is 10.0 Å². The van der Waals surface area contributed by atoms with Crippen LogP contribution in [-0.2, 0) is 16.6 Å². The van der Waals surface area contributed by atoms with Crippen LogP contribution >= 0.6 is 0 Å². The van der Waals surface area contributed by atoms with Gasteiger partial charge in [0.1, 0.15) is 0 Å². The van der Waals surface area contributed by atoms with Gasteiger partial charge in [-0.2, -0.15) is 0 Å². The van der Waals surface area contributed by atoms with Gasteiger partial charge in [0, 0.05) is 24.2 Å². The molecule has 0 spiro atoms. The van der Waals surface area contributed by atoms with Gasteiger partial charge >= 0.3 is 0 Å². The van der Waals surface area contributed by atoms with Gasteiger partial charge in [-0.15, -0.1) is 0 Å². The fraction of sp³-hybridized carbons (Fsp3) is 0.136. The van der Waals surface area contributed by atoms with E-state index in [1.165, 1.54) is 0 Å². The molecule has 6 heteroatoms. The van der Waals surface area contributed by atoms with Crippen molar-refractivity contribution < 1.29 is 13.2 Å². The highest BCUT2D eigenvalue weighted by Crippen LogP contribution is 2.27. The normalized spacial score (nSPS) is 11.2. The highest BCUT2D eigenvalue weighted by atomic mass is 32.2. The van der Waals surface area contributed by atoms with E-state index in [0.717, 1.165) is 11.1 Å². The maximum Gasteiger partial charge on any atom is 0.251 e. The Kier molecular flexibility index (Phi) is 6.23. The lowest BCUT2D eigenvalue weighted by molar-refractivity contribution is 0.0956. The van der Waals surface area contributed by atoms with E-state index in [4.69, 9.17) is 0 Å². The predicted molar refractivity (Wildman–Crippen MR) is 110 cm³/mol. The summed E-state index contributed by atoms with van der Waals surface area (Å²) in [6.45, 7) is 2.55. The van der Waals surface area contributed by atoms with E-state index >= 15 is 0 Å². The van der Waals surface area contributed by atoms with Crippen LogP contribution in [0.2, 0.25) is 0 Å². The van der Waals surface area contributed by atoms with Gasteiger partial charge in [-0.1, -0.05) is 60.7 Å². The molecule has 0 aliphatic carbocycles. The van der Waals surface area contributed by atoms with Crippen LogP contribution < -0.4 is 10.0 Å². The summed E-state index contributed by atoms with van der Waals surface area (Å²) in [5, 5.41) is 2.73. The van der Waals surface area contributed by atoms with E-state index in [-0.39, 0.29) is 17.3 Å². The quantitative estimate of drug-likeness (QED) is 0.643. The maximum atomic E-state index is 12.9. The Hall–Kier alpha value is -2.96. The van der Waals surface area contributed by atoms with Gasteiger partial charge in [0.15, 0.2) is 0 Å². The lowest BCUT2D eigenvalue weighted by atomic mass is 10.1. The number of nitrogens with one attached hydrogen (secondary N) is 2. The Morgan fingerprint density at radius 3 is 2.18 bits per heavy atom. The van der Waals surface area contributed by atoms with Crippen molar-refractivity contribution >= 4 is 15.9 Å². The van der Waals surface area contributed by atoms with Crippen molar-refractivity contribution in [2.45, 2.75) is 18.4 Å². The Bertz CT molecular complexity index is 1050. The van der Waals surface area contributed by atoms with Gasteiger partial charge in [0.25, 0.3) is 5.91 Å². The predicted octanol–water partition coefficient (Wildman–Crippen LogP) is 3.58. The zero-order chi connectivity index (χ0) is 20.0. The lowest BCUT2D eigenvalue weighted by Crippen LogP contribution is -2.24. The zero-order valence-electron chi connectivity index (χ0n) is 15.6. The van der Waals surface area contributed by atoms with Gasteiger partial charge in [-0.25, -0.2) is 13.1 Å². The zero-order valence-corrected chi connectivity index (χ0v) is 16.4. The molecule has 0 bridgehead atoms. The molecule has 0 aliphatic rings. The summed E-state index contributed by atoms with van der Waals surface area (Å²) in [6.07, 6.45) is 0. The van der Waals surface area contributed by atoms with E-state index in [2.05, 4.69) is 10.0 Å².